The Morgan fingerprint density at radius 2 is 1.86 bits per heavy atom. The van der Waals surface area contributed by atoms with Crippen LogP contribution in [0.25, 0.3) is 0 Å². The van der Waals surface area contributed by atoms with Gasteiger partial charge in [0.15, 0.2) is 0 Å². The molecule has 28 heavy (non-hydrogen) atoms. The Balaban J connectivity index is 1.90. The minimum absolute atomic E-state index is 0.0329. The predicted octanol–water partition coefficient (Wildman–Crippen LogP) is 4.20. The molecule has 8 nitrogen and oxygen atoms in total. The highest BCUT2D eigenvalue weighted by atomic mass is 19.1. The van der Waals surface area contributed by atoms with Gasteiger partial charge in [-0.05, 0) is 42.3 Å². The smallest absolute Gasteiger partial charge is 0.353 e. The van der Waals surface area contributed by atoms with E-state index in [4.69, 9.17) is 4.74 Å². The molecule has 1 aromatic heterocycles. The molecule has 0 aliphatic heterocycles. The summed E-state index contributed by atoms with van der Waals surface area (Å²) in [6, 6.07) is 11.3. The molecule has 0 radical (unpaired) electrons. The number of aryl methyl sites for hydroxylation is 1. The number of rotatable bonds is 7. The number of nitrogens with zero attached hydrogens (tertiary/aromatic N) is 3. The first-order chi connectivity index (χ1) is 13.5. The van der Waals surface area contributed by atoms with Crippen LogP contribution in [0.15, 0.2) is 48.8 Å². The van der Waals surface area contributed by atoms with E-state index < -0.39 is 4.92 Å². The third-order valence-corrected chi connectivity index (χ3v) is 3.99. The standard InChI is InChI=1S/C19H18FN5O3/c1-12-3-8-16(28-2)15(9-12)24-19-17(25(26)27)18(22-11-23-19)21-10-13-4-6-14(20)7-5-13/h3-9,11H,10H2,1-2H3,(H2,21,22,23,24). The number of aromatic nitrogens is 2. The van der Waals surface area contributed by atoms with Crippen LogP contribution in [-0.4, -0.2) is 22.0 Å². The third kappa shape index (κ3) is 4.32. The minimum Gasteiger partial charge on any atom is -0.495 e. The van der Waals surface area contributed by atoms with Crippen LogP contribution in [-0.2, 0) is 6.54 Å². The van der Waals surface area contributed by atoms with Crippen molar-refractivity contribution in [1.82, 2.24) is 9.97 Å². The molecule has 0 unspecified atom stereocenters. The summed E-state index contributed by atoms with van der Waals surface area (Å²) in [5, 5.41) is 17.5. The van der Waals surface area contributed by atoms with Crippen molar-refractivity contribution in [2.24, 2.45) is 0 Å². The van der Waals surface area contributed by atoms with Gasteiger partial charge in [0.2, 0.25) is 11.6 Å². The lowest BCUT2D eigenvalue weighted by molar-refractivity contribution is -0.383. The maximum absolute atomic E-state index is 13.0. The summed E-state index contributed by atoms with van der Waals surface area (Å²) in [4.78, 5) is 19.1. The van der Waals surface area contributed by atoms with Crippen LogP contribution in [0.5, 0.6) is 5.75 Å². The van der Waals surface area contributed by atoms with Crippen molar-refractivity contribution in [1.29, 1.82) is 0 Å². The highest BCUT2D eigenvalue weighted by Crippen LogP contribution is 2.34. The molecule has 0 aliphatic rings. The van der Waals surface area contributed by atoms with Gasteiger partial charge in [-0.25, -0.2) is 14.4 Å². The Hall–Kier alpha value is -3.75. The number of halogens is 1. The Labute approximate surface area is 160 Å². The summed E-state index contributed by atoms with van der Waals surface area (Å²) in [6.45, 7) is 2.14. The molecule has 2 N–H and O–H groups in total. The van der Waals surface area contributed by atoms with Crippen LogP contribution in [0.2, 0.25) is 0 Å². The van der Waals surface area contributed by atoms with Gasteiger partial charge in [0.1, 0.15) is 17.9 Å². The number of nitro groups is 1. The van der Waals surface area contributed by atoms with Crippen LogP contribution in [0, 0.1) is 22.9 Å². The molecular weight excluding hydrogens is 365 g/mol. The Morgan fingerprint density at radius 3 is 2.54 bits per heavy atom. The zero-order chi connectivity index (χ0) is 20.1. The molecule has 3 aromatic rings. The molecule has 0 saturated heterocycles. The van der Waals surface area contributed by atoms with Crippen molar-refractivity contribution >= 4 is 23.0 Å². The molecule has 0 saturated carbocycles. The maximum Gasteiger partial charge on any atom is 0.353 e. The van der Waals surface area contributed by atoms with Crippen molar-refractivity contribution in [2.75, 3.05) is 17.7 Å². The largest absolute Gasteiger partial charge is 0.495 e. The number of hydrogen-bond donors (Lipinski definition) is 2. The number of hydrogen-bond acceptors (Lipinski definition) is 7. The number of benzene rings is 2. The minimum atomic E-state index is -0.558. The Kier molecular flexibility index (Phi) is 5.64. The second-order valence-corrected chi connectivity index (χ2v) is 5.99. The van der Waals surface area contributed by atoms with E-state index >= 15 is 0 Å². The van der Waals surface area contributed by atoms with Gasteiger partial charge < -0.3 is 15.4 Å². The average Bonchev–Trinajstić information content (AvgIpc) is 2.67. The molecule has 1 heterocycles. The zero-order valence-corrected chi connectivity index (χ0v) is 15.3. The van der Waals surface area contributed by atoms with Gasteiger partial charge in [-0.1, -0.05) is 18.2 Å². The molecule has 3 rings (SSSR count). The van der Waals surface area contributed by atoms with Gasteiger partial charge >= 0.3 is 5.69 Å². The number of methoxy groups -OCH3 is 1. The molecular formula is C19H18FN5O3. The average molecular weight is 383 g/mol. The van der Waals surface area contributed by atoms with Crippen LogP contribution < -0.4 is 15.4 Å². The van der Waals surface area contributed by atoms with Gasteiger partial charge in [0, 0.05) is 6.54 Å². The molecule has 9 heteroatoms. The van der Waals surface area contributed by atoms with E-state index in [1.54, 1.807) is 24.3 Å². The molecule has 144 valence electrons. The van der Waals surface area contributed by atoms with Gasteiger partial charge in [-0.15, -0.1) is 0 Å². The SMILES string of the molecule is COc1ccc(C)cc1Nc1ncnc(NCc2ccc(F)cc2)c1[N+](=O)[O-]. The first-order valence-electron chi connectivity index (χ1n) is 8.37. The zero-order valence-electron chi connectivity index (χ0n) is 15.3. The quantitative estimate of drug-likeness (QED) is 0.466. The van der Waals surface area contributed by atoms with Crippen molar-refractivity contribution < 1.29 is 14.1 Å². The van der Waals surface area contributed by atoms with Gasteiger partial charge in [0.05, 0.1) is 17.7 Å². The lowest BCUT2D eigenvalue weighted by Crippen LogP contribution is -2.08. The van der Waals surface area contributed by atoms with E-state index in [0.29, 0.717) is 11.4 Å². The van der Waals surface area contributed by atoms with E-state index in [2.05, 4.69) is 20.6 Å². The van der Waals surface area contributed by atoms with E-state index in [-0.39, 0.29) is 29.7 Å². The third-order valence-electron chi connectivity index (χ3n) is 3.99. The van der Waals surface area contributed by atoms with Gasteiger partial charge in [-0.2, -0.15) is 0 Å². The fourth-order valence-electron chi connectivity index (χ4n) is 2.61. The molecule has 2 aromatic carbocycles. The van der Waals surface area contributed by atoms with E-state index in [1.807, 2.05) is 13.0 Å². The van der Waals surface area contributed by atoms with E-state index in [9.17, 15) is 14.5 Å². The predicted molar refractivity (Wildman–Crippen MR) is 103 cm³/mol. The molecule has 0 amide bonds. The highest BCUT2D eigenvalue weighted by Gasteiger charge is 2.23. The van der Waals surface area contributed by atoms with Crippen molar-refractivity contribution in [2.45, 2.75) is 13.5 Å². The molecule has 0 bridgehead atoms. The Bertz CT molecular complexity index is 995. The summed E-state index contributed by atoms with van der Waals surface area (Å²) < 4.78 is 18.3. The van der Waals surface area contributed by atoms with Crippen LogP contribution in [0.4, 0.5) is 27.4 Å². The summed E-state index contributed by atoms with van der Waals surface area (Å²) >= 11 is 0. The second kappa shape index (κ2) is 8.30. The fourth-order valence-corrected chi connectivity index (χ4v) is 2.61. The van der Waals surface area contributed by atoms with E-state index in [0.717, 1.165) is 11.1 Å². The Morgan fingerprint density at radius 1 is 1.14 bits per heavy atom. The second-order valence-electron chi connectivity index (χ2n) is 5.99. The number of nitrogens with one attached hydrogen (secondary N) is 2. The first kappa shape index (κ1) is 19.0. The van der Waals surface area contributed by atoms with E-state index in [1.165, 1.54) is 25.6 Å². The summed E-state index contributed by atoms with van der Waals surface area (Å²) in [5.41, 5.74) is 1.96. The molecule has 0 spiro atoms. The number of ether oxygens (including phenoxy) is 1. The lowest BCUT2D eigenvalue weighted by atomic mass is 10.2. The molecule has 0 atom stereocenters. The molecule has 0 aliphatic carbocycles. The monoisotopic (exact) mass is 383 g/mol. The van der Waals surface area contributed by atoms with Crippen LogP contribution in [0.3, 0.4) is 0 Å². The van der Waals surface area contributed by atoms with Crippen molar-refractivity contribution in [3.05, 3.63) is 75.9 Å². The van der Waals surface area contributed by atoms with Crippen molar-refractivity contribution in [3.8, 4) is 5.75 Å². The summed E-state index contributed by atoms with van der Waals surface area (Å²) in [7, 11) is 1.51. The maximum atomic E-state index is 13.0. The van der Waals surface area contributed by atoms with Crippen molar-refractivity contribution in [3.63, 3.8) is 0 Å². The first-order valence-corrected chi connectivity index (χ1v) is 8.37. The number of anilines is 3. The summed E-state index contributed by atoms with van der Waals surface area (Å²) in [6.07, 6.45) is 1.23. The van der Waals surface area contributed by atoms with Gasteiger partial charge in [-0.3, -0.25) is 10.1 Å². The fraction of sp³-hybridized carbons (Fsp3) is 0.158. The lowest BCUT2D eigenvalue weighted by Gasteiger charge is -2.13. The van der Waals surface area contributed by atoms with Gasteiger partial charge in [0.25, 0.3) is 0 Å². The highest BCUT2D eigenvalue weighted by molar-refractivity contribution is 5.76. The topological polar surface area (TPSA) is 102 Å². The van der Waals surface area contributed by atoms with Crippen LogP contribution >= 0.6 is 0 Å². The normalized spacial score (nSPS) is 10.4. The van der Waals surface area contributed by atoms with Crippen LogP contribution in [0.1, 0.15) is 11.1 Å². The molecule has 0 fully saturated rings. The summed E-state index contributed by atoms with van der Waals surface area (Å²) in [5.74, 6) is 0.263.